The maximum atomic E-state index is 12.7. The van der Waals surface area contributed by atoms with Gasteiger partial charge in [-0.1, -0.05) is 302 Å². The van der Waals surface area contributed by atoms with E-state index in [2.05, 4.69) is 123 Å². The molecule has 0 aromatic heterocycles. The van der Waals surface area contributed by atoms with Crippen LogP contribution in [0, 0.1) is 0 Å². The fourth-order valence-electron chi connectivity index (χ4n) is 9.07. The molecule has 0 fully saturated rings. The SMILES string of the molecule is CC/C=C\C/C=C\C/C=C\C/C=C\C/C=C\C/C=C\CCC(=O)OC(COC(=O)CCCCCCCCCCCCCCCCCCCCCCCCCCCCCC/C=C\C/C=C\C/C=C\C/C=C\CC)COP(=O)(O)OCCN. The molecule has 0 amide bonds. The number of phosphoric acid groups is 1. The van der Waals surface area contributed by atoms with Gasteiger partial charge >= 0.3 is 19.8 Å². The van der Waals surface area contributed by atoms with Crippen LogP contribution in [-0.4, -0.2) is 49.3 Å². The summed E-state index contributed by atoms with van der Waals surface area (Å²) in [4.78, 5) is 35.2. The number of allylic oxidation sites excluding steroid dienone is 20. The second-order valence-corrected chi connectivity index (χ2v) is 23.0. The van der Waals surface area contributed by atoms with Crippen LogP contribution in [0.15, 0.2) is 122 Å². The van der Waals surface area contributed by atoms with E-state index in [9.17, 15) is 19.0 Å². The van der Waals surface area contributed by atoms with E-state index in [-0.39, 0.29) is 32.6 Å². The first-order chi connectivity index (χ1) is 39.8. The molecule has 0 radical (unpaired) electrons. The number of carbonyl (C=O) groups excluding carboxylic acids is 2. The van der Waals surface area contributed by atoms with Crippen LogP contribution >= 0.6 is 7.82 Å². The minimum absolute atomic E-state index is 0.0381. The lowest BCUT2D eigenvalue weighted by Gasteiger charge is -2.19. The van der Waals surface area contributed by atoms with E-state index in [0.29, 0.717) is 6.42 Å². The summed E-state index contributed by atoms with van der Waals surface area (Å²) >= 11 is 0. The van der Waals surface area contributed by atoms with Gasteiger partial charge in [0.25, 0.3) is 0 Å². The van der Waals surface area contributed by atoms with Crippen LogP contribution in [0.5, 0.6) is 0 Å². The molecule has 0 aliphatic rings. The third-order valence-electron chi connectivity index (χ3n) is 13.9. The van der Waals surface area contributed by atoms with E-state index in [1.54, 1.807) is 0 Å². The van der Waals surface area contributed by atoms with Crippen molar-refractivity contribution in [2.24, 2.45) is 5.73 Å². The van der Waals surface area contributed by atoms with E-state index in [4.69, 9.17) is 24.3 Å². The first kappa shape index (κ1) is 77.4. The van der Waals surface area contributed by atoms with E-state index in [1.165, 1.54) is 167 Å². The first-order valence-corrected chi connectivity index (χ1v) is 34.5. The Kier molecular flexibility index (Phi) is 62.7. The molecule has 2 atom stereocenters. The Morgan fingerprint density at radius 2 is 0.667 bits per heavy atom. The highest BCUT2D eigenvalue weighted by molar-refractivity contribution is 7.47. The fourth-order valence-corrected chi connectivity index (χ4v) is 9.83. The smallest absolute Gasteiger partial charge is 0.462 e. The summed E-state index contributed by atoms with van der Waals surface area (Å²) in [7, 11) is -4.41. The molecule has 0 spiro atoms. The van der Waals surface area contributed by atoms with E-state index in [0.717, 1.165) is 83.5 Å². The molecule has 464 valence electrons. The molecule has 0 heterocycles. The van der Waals surface area contributed by atoms with Gasteiger partial charge in [-0.25, -0.2) is 4.57 Å². The molecule has 9 nitrogen and oxygen atoms in total. The summed E-state index contributed by atoms with van der Waals surface area (Å²) in [5.41, 5.74) is 5.38. The van der Waals surface area contributed by atoms with Crippen molar-refractivity contribution in [1.82, 2.24) is 0 Å². The van der Waals surface area contributed by atoms with E-state index in [1.807, 2.05) is 12.2 Å². The standard InChI is InChI=1S/C71H122NO8P/c1-3-5-7-9-11-13-15-17-19-21-23-24-25-26-27-28-29-30-31-32-33-34-35-36-37-38-39-40-41-42-43-44-46-47-49-51-53-55-57-59-61-63-70(73)77-67-69(68-79-81(75,76)78-66-65-72)80-71(74)64-62-60-58-56-54-52-50-48-45-22-20-18-16-14-12-10-8-6-4-2/h5-8,11-14,17-20,23-24,45,48,52,54,58,60,69H,3-4,9-10,15-16,21-22,25-44,46-47,49-51,53,55-57,59,61-68,72H2,1-2H3,(H,75,76)/b7-5-,8-6-,13-11-,14-12-,19-17-,20-18-,24-23-,48-45-,54-52-,60-58-. The number of hydrogen-bond donors (Lipinski definition) is 2. The van der Waals surface area contributed by atoms with Gasteiger partial charge in [0.2, 0.25) is 0 Å². The molecule has 0 saturated heterocycles. The Labute approximate surface area is 498 Å². The Hall–Kier alpha value is -3.59. The van der Waals surface area contributed by atoms with Crippen LogP contribution in [-0.2, 0) is 32.7 Å². The number of esters is 2. The molecular weight excluding hydrogens is 1030 g/mol. The number of carbonyl (C=O) groups is 2. The Balaban J connectivity index is 3.82. The second-order valence-electron chi connectivity index (χ2n) is 21.6. The van der Waals surface area contributed by atoms with E-state index >= 15 is 0 Å². The van der Waals surface area contributed by atoms with Crippen molar-refractivity contribution in [3.63, 3.8) is 0 Å². The monoisotopic (exact) mass is 1150 g/mol. The topological polar surface area (TPSA) is 134 Å². The molecule has 0 aliphatic heterocycles. The maximum Gasteiger partial charge on any atom is 0.472 e. The predicted molar refractivity (Wildman–Crippen MR) is 348 cm³/mol. The Morgan fingerprint density at radius 1 is 0.370 bits per heavy atom. The first-order valence-electron chi connectivity index (χ1n) is 33.0. The van der Waals surface area contributed by atoms with Crippen LogP contribution in [0.4, 0.5) is 0 Å². The van der Waals surface area contributed by atoms with Crippen molar-refractivity contribution >= 4 is 19.8 Å². The number of nitrogens with two attached hydrogens (primary N) is 1. The van der Waals surface area contributed by atoms with Gasteiger partial charge in [-0.2, -0.15) is 0 Å². The quantitative estimate of drug-likeness (QED) is 0.0264. The minimum Gasteiger partial charge on any atom is -0.462 e. The van der Waals surface area contributed by atoms with Crippen molar-refractivity contribution in [2.45, 2.75) is 290 Å². The fraction of sp³-hybridized carbons (Fsp3) is 0.690. The summed E-state index contributed by atoms with van der Waals surface area (Å²) in [5, 5.41) is 0. The van der Waals surface area contributed by atoms with Crippen LogP contribution in [0.1, 0.15) is 284 Å². The Morgan fingerprint density at radius 3 is 1.00 bits per heavy atom. The molecule has 0 rings (SSSR count). The van der Waals surface area contributed by atoms with Crippen molar-refractivity contribution in [3.8, 4) is 0 Å². The summed E-state index contributed by atoms with van der Waals surface area (Å²) in [5.74, 6) is -0.923. The van der Waals surface area contributed by atoms with Crippen molar-refractivity contribution < 1.29 is 37.6 Å². The zero-order valence-corrected chi connectivity index (χ0v) is 52.9. The molecule has 2 unspecified atom stereocenters. The average Bonchev–Trinajstić information content (AvgIpc) is 3.46. The Bertz CT molecular complexity index is 1740. The molecule has 0 aliphatic carbocycles. The molecular formula is C71H122NO8P. The normalized spacial score (nSPS) is 13.8. The third-order valence-corrected chi connectivity index (χ3v) is 14.8. The molecule has 0 saturated carbocycles. The van der Waals surface area contributed by atoms with Crippen molar-refractivity contribution in [1.29, 1.82) is 0 Å². The van der Waals surface area contributed by atoms with Crippen LogP contribution in [0.2, 0.25) is 0 Å². The number of phosphoric ester groups is 1. The lowest BCUT2D eigenvalue weighted by atomic mass is 10.0. The minimum atomic E-state index is -4.41. The average molecular weight is 1150 g/mol. The molecule has 10 heteroatoms. The highest BCUT2D eigenvalue weighted by atomic mass is 31.2. The summed E-state index contributed by atoms with van der Waals surface area (Å²) in [6.07, 6.45) is 91.9. The van der Waals surface area contributed by atoms with Gasteiger partial charge < -0.3 is 20.1 Å². The number of rotatable bonds is 61. The summed E-state index contributed by atoms with van der Waals surface area (Å²) in [6.45, 7) is 3.44. The largest absolute Gasteiger partial charge is 0.472 e. The highest BCUT2D eigenvalue weighted by Gasteiger charge is 2.26. The van der Waals surface area contributed by atoms with Crippen LogP contribution < -0.4 is 5.73 Å². The third kappa shape index (κ3) is 65.4. The lowest BCUT2D eigenvalue weighted by Crippen LogP contribution is -2.29. The van der Waals surface area contributed by atoms with Gasteiger partial charge in [-0.05, 0) is 89.9 Å². The molecule has 0 bridgehead atoms. The van der Waals surface area contributed by atoms with Gasteiger partial charge in [0.05, 0.1) is 13.2 Å². The summed E-state index contributed by atoms with van der Waals surface area (Å²) in [6, 6.07) is 0. The van der Waals surface area contributed by atoms with Gasteiger partial charge in [-0.3, -0.25) is 18.6 Å². The zero-order chi connectivity index (χ0) is 58.7. The number of hydrogen-bond acceptors (Lipinski definition) is 8. The van der Waals surface area contributed by atoms with E-state index < -0.39 is 32.5 Å². The highest BCUT2D eigenvalue weighted by Crippen LogP contribution is 2.43. The van der Waals surface area contributed by atoms with Gasteiger partial charge in [0.1, 0.15) is 6.61 Å². The van der Waals surface area contributed by atoms with Gasteiger partial charge in [-0.15, -0.1) is 0 Å². The van der Waals surface area contributed by atoms with Crippen LogP contribution in [0.3, 0.4) is 0 Å². The maximum absolute atomic E-state index is 12.7. The lowest BCUT2D eigenvalue weighted by molar-refractivity contribution is -0.161. The summed E-state index contributed by atoms with van der Waals surface area (Å²) < 4.78 is 33.0. The van der Waals surface area contributed by atoms with Crippen molar-refractivity contribution in [2.75, 3.05) is 26.4 Å². The molecule has 81 heavy (non-hydrogen) atoms. The zero-order valence-electron chi connectivity index (χ0n) is 52.0. The molecule has 3 N–H and O–H groups in total. The van der Waals surface area contributed by atoms with Crippen LogP contribution in [0.25, 0.3) is 0 Å². The van der Waals surface area contributed by atoms with Crippen molar-refractivity contribution in [3.05, 3.63) is 122 Å². The van der Waals surface area contributed by atoms with Gasteiger partial charge in [0.15, 0.2) is 6.10 Å². The van der Waals surface area contributed by atoms with Gasteiger partial charge in [0, 0.05) is 19.4 Å². The number of ether oxygens (including phenoxy) is 2. The number of unbranched alkanes of at least 4 members (excludes halogenated alkanes) is 28. The predicted octanol–water partition coefficient (Wildman–Crippen LogP) is 21.5. The molecule has 0 aromatic carbocycles. The second kappa shape index (κ2) is 65.6. The molecule has 0 aromatic rings.